The van der Waals surface area contributed by atoms with Gasteiger partial charge in [-0.25, -0.2) is 18.0 Å². The Hall–Kier alpha value is -4.38. The molecule has 5 amide bonds. The Morgan fingerprint density at radius 1 is 1.04 bits per heavy atom. The average Bonchev–Trinajstić information content (AvgIpc) is 4.01. The molecule has 1 aromatic rings. The third kappa shape index (κ3) is 10.8. The van der Waals surface area contributed by atoms with Gasteiger partial charge in [-0.15, -0.1) is 0 Å². The molecule has 2 aliphatic carbocycles. The van der Waals surface area contributed by atoms with Gasteiger partial charge in [0.1, 0.15) is 41.7 Å². The summed E-state index contributed by atoms with van der Waals surface area (Å²) >= 11 is 0. The van der Waals surface area contributed by atoms with Crippen molar-refractivity contribution < 1.29 is 46.6 Å². The van der Waals surface area contributed by atoms with Gasteiger partial charge in [0.25, 0.3) is 5.91 Å². The lowest BCUT2D eigenvalue weighted by Gasteiger charge is -2.30. The van der Waals surface area contributed by atoms with Gasteiger partial charge in [0.2, 0.25) is 21.8 Å². The van der Waals surface area contributed by atoms with E-state index in [0.717, 1.165) is 24.0 Å². The summed E-state index contributed by atoms with van der Waals surface area (Å²) in [6, 6.07) is 3.79. The van der Waals surface area contributed by atoms with Crippen LogP contribution in [0, 0.1) is 5.92 Å². The van der Waals surface area contributed by atoms with Crippen molar-refractivity contribution in [2.75, 3.05) is 19.7 Å². The molecule has 0 radical (unpaired) electrons. The van der Waals surface area contributed by atoms with Gasteiger partial charge in [0.15, 0.2) is 0 Å². The van der Waals surface area contributed by atoms with Crippen LogP contribution >= 0.6 is 0 Å². The lowest BCUT2D eigenvalue weighted by molar-refractivity contribution is -0.141. The molecule has 17 heteroatoms. The van der Waals surface area contributed by atoms with Crippen molar-refractivity contribution in [3.63, 3.8) is 0 Å². The molecule has 6 rings (SSSR count). The van der Waals surface area contributed by atoms with E-state index >= 15 is 0 Å². The van der Waals surface area contributed by atoms with Crippen molar-refractivity contribution in [2.45, 2.75) is 146 Å². The van der Waals surface area contributed by atoms with Crippen LogP contribution in [0.2, 0.25) is 0 Å². The number of amides is 5. The highest BCUT2D eigenvalue weighted by molar-refractivity contribution is 7.91. The lowest BCUT2D eigenvalue weighted by atomic mass is 10.0. The molecule has 3 aliphatic heterocycles. The van der Waals surface area contributed by atoms with E-state index in [1.54, 1.807) is 25.7 Å². The average molecular weight is 815 g/mol. The number of nitrogens with one attached hydrogen (secondary N) is 4. The van der Waals surface area contributed by atoms with Crippen LogP contribution in [0.25, 0.3) is 0 Å². The Morgan fingerprint density at radius 3 is 2.51 bits per heavy atom. The van der Waals surface area contributed by atoms with E-state index in [9.17, 15) is 32.4 Å². The first-order chi connectivity index (χ1) is 26.9. The van der Waals surface area contributed by atoms with E-state index in [4.69, 9.17) is 14.2 Å². The second-order valence-electron chi connectivity index (χ2n) is 17.2. The molecule has 0 bridgehead atoms. The molecule has 1 aromatic carbocycles. The van der Waals surface area contributed by atoms with Crippen molar-refractivity contribution in [3.05, 3.63) is 41.5 Å². The topological polar surface area (TPSA) is 202 Å². The third-order valence-electron chi connectivity index (χ3n) is 10.9. The molecule has 0 spiro atoms. The second-order valence-corrected chi connectivity index (χ2v) is 19.2. The molecular weight excluding hydrogens is 757 g/mol. The van der Waals surface area contributed by atoms with Crippen LogP contribution < -0.4 is 25.4 Å². The molecule has 0 aromatic heterocycles. The van der Waals surface area contributed by atoms with Gasteiger partial charge in [-0.2, -0.15) is 0 Å². The maximum atomic E-state index is 14.4. The fourth-order valence-corrected chi connectivity index (χ4v) is 8.98. The van der Waals surface area contributed by atoms with Crippen LogP contribution in [-0.2, 0) is 47.0 Å². The maximum absolute atomic E-state index is 14.4. The number of sulfonamides is 1. The second kappa shape index (κ2) is 17.2. The van der Waals surface area contributed by atoms with E-state index in [0.29, 0.717) is 57.2 Å². The van der Waals surface area contributed by atoms with Crippen LogP contribution in [0.15, 0.2) is 30.4 Å². The zero-order chi connectivity index (χ0) is 41.1. The minimum atomic E-state index is -3.91. The molecule has 5 aliphatic rings. The fraction of sp³-hybridized carbons (Fsp3) is 0.675. The number of fused-ring (bicyclic) bond motifs is 3. The van der Waals surface area contributed by atoms with E-state index in [2.05, 4.69) is 34.5 Å². The van der Waals surface area contributed by atoms with Crippen LogP contribution in [0.3, 0.4) is 0 Å². The first-order valence-corrected chi connectivity index (χ1v) is 21.8. The van der Waals surface area contributed by atoms with Crippen LogP contribution in [0.1, 0.15) is 104 Å². The zero-order valence-corrected chi connectivity index (χ0v) is 34.5. The summed E-state index contributed by atoms with van der Waals surface area (Å²) in [6.45, 7) is 10.9. The number of carbonyl (C=O) groups is 5. The van der Waals surface area contributed by atoms with E-state index in [-0.39, 0.29) is 32.4 Å². The summed E-state index contributed by atoms with van der Waals surface area (Å²) in [6.07, 6.45) is 5.53. The molecule has 4 N–H and O–H groups in total. The summed E-state index contributed by atoms with van der Waals surface area (Å²) in [5.74, 6) is -1.83. The van der Waals surface area contributed by atoms with E-state index in [1.807, 2.05) is 30.4 Å². The lowest BCUT2D eigenvalue weighted by Crippen LogP contribution is -2.58. The highest BCUT2D eigenvalue weighted by Crippen LogP contribution is 2.46. The summed E-state index contributed by atoms with van der Waals surface area (Å²) in [5, 5.41) is 8.20. The Balaban J connectivity index is 1.19. The van der Waals surface area contributed by atoms with E-state index in [1.165, 1.54) is 4.90 Å². The van der Waals surface area contributed by atoms with Crippen molar-refractivity contribution >= 4 is 39.9 Å². The molecule has 3 fully saturated rings. The monoisotopic (exact) mass is 814 g/mol. The SMILES string of the molecule is CC(C)NCCOc1ccc2c(c1)CN(C(=O)O[C@@H]1C[C@H]3C(=O)N[C@]4(C(=O)NS(=O)(=O)C5CC5)C[C@H]4/C=C\CCCCC[C@@H](NC(=O)OC(C)(C)C)C(=O)N3C1)C2. The molecule has 16 nitrogen and oxygen atoms in total. The number of benzene rings is 1. The maximum Gasteiger partial charge on any atom is 0.410 e. The number of ether oxygens (including phenoxy) is 3. The number of allylic oxidation sites excluding steroid dienone is 1. The van der Waals surface area contributed by atoms with Crippen LogP contribution in [0.4, 0.5) is 9.59 Å². The molecule has 57 heavy (non-hydrogen) atoms. The summed E-state index contributed by atoms with van der Waals surface area (Å²) in [7, 11) is -3.91. The Kier molecular flexibility index (Phi) is 12.8. The van der Waals surface area contributed by atoms with E-state index < -0.39 is 80.4 Å². The summed E-state index contributed by atoms with van der Waals surface area (Å²) < 4.78 is 45.2. The zero-order valence-electron chi connectivity index (χ0n) is 33.6. The Bertz CT molecular complexity index is 1840. The first-order valence-electron chi connectivity index (χ1n) is 20.2. The summed E-state index contributed by atoms with van der Waals surface area (Å²) in [4.78, 5) is 71.9. The highest BCUT2D eigenvalue weighted by Gasteiger charge is 2.62. The standard InChI is InChI=1S/C40H58N6O10S/c1-25(2)41-17-18-54-29-14-13-26-22-45(23-27(26)19-29)38(51)55-30-20-33-34(47)43-40(36(49)44-57(52,53)31-15-16-31)21-28(40)11-9-7-6-8-10-12-32(35(48)46(33)24-30)42-37(50)56-39(3,4)5/h9,11,13-14,19,25,28,30-33,41H,6-8,10,12,15-18,20-24H2,1-5H3,(H,42,50)(H,43,47)(H,44,49)/b11-9-/t28-,30-,32-,33+,40-/m1/s1. The van der Waals surface area contributed by atoms with Crippen molar-refractivity contribution in [1.29, 1.82) is 0 Å². The largest absolute Gasteiger partial charge is 0.492 e. The van der Waals surface area contributed by atoms with Crippen molar-refractivity contribution in [2.24, 2.45) is 5.92 Å². The fourth-order valence-electron chi connectivity index (χ4n) is 7.62. The number of alkyl carbamates (subject to hydrolysis) is 1. The predicted molar refractivity (Wildman–Crippen MR) is 209 cm³/mol. The van der Waals surface area contributed by atoms with Crippen molar-refractivity contribution in [1.82, 2.24) is 30.5 Å². The number of hydrogen-bond acceptors (Lipinski definition) is 11. The number of hydrogen-bond donors (Lipinski definition) is 4. The van der Waals surface area contributed by atoms with Gasteiger partial charge in [-0.1, -0.05) is 44.9 Å². The number of rotatable bonds is 10. The number of carbonyl (C=O) groups excluding carboxylic acids is 5. The Morgan fingerprint density at radius 2 is 1.79 bits per heavy atom. The molecular formula is C40H58N6O10S. The van der Waals surface area contributed by atoms with Crippen LogP contribution in [-0.4, -0.2) is 108 Å². The smallest absolute Gasteiger partial charge is 0.410 e. The van der Waals surface area contributed by atoms with Crippen molar-refractivity contribution in [3.8, 4) is 5.75 Å². The van der Waals surface area contributed by atoms with Gasteiger partial charge in [0, 0.05) is 38.0 Å². The Labute approximate surface area is 335 Å². The molecule has 314 valence electrons. The first kappa shape index (κ1) is 42.2. The van der Waals surface area contributed by atoms with Gasteiger partial charge in [-0.05, 0) is 82.6 Å². The quantitative estimate of drug-likeness (QED) is 0.199. The minimum Gasteiger partial charge on any atom is -0.492 e. The van der Waals surface area contributed by atoms with Gasteiger partial charge in [0.05, 0.1) is 11.8 Å². The van der Waals surface area contributed by atoms with Crippen LogP contribution in [0.5, 0.6) is 5.75 Å². The van der Waals surface area contributed by atoms with Gasteiger partial charge in [-0.3, -0.25) is 24.0 Å². The van der Waals surface area contributed by atoms with Gasteiger partial charge < -0.3 is 35.1 Å². The summed E-state index contributed by atoms with van der Waals surface area (Å²) in [5.41, 5.74) is -0.496. The predicted octanol–water partition coefficient (Wildman–Crippen LogP) is 3.38. The molecule has 2 saturated carbocycles. The highest BCUT2D eigenvalue weighted by atomic mass is 32.2. The third-order valence-corrected chi connectivity index (χ3v) is 12.7. The molecule has 0 unspecified atom stereocenters. The molecule has 5 atom stereocenters. The van der Waals surface area contributed by atoms with Gasteiger partial charge >= 0.3 is 12.2 Å². The number of nitrogens with zero attached hydrogens (tertiary/aromatic N) is 2. The molecule has 3 heterocycles. The minimum absolute atomic E-state index is 0.0791. The normalized spacial score (nSPS) is 27.2. The molecule has 1 saturated heterocycles.